The number of hydrogen-bond donors (Lipinski definition) is 0. The average molecular weight is 366 g/mol. The van der Waals surface area contributed by atoms with Crippen molar-refractivity contribution in [2.45, 2.75) is 6.61 Å². The van der Waals surface area contributed by atoms with Crippen LogP contribution in [-0.4, -0.2) is 11.0 Å². The number of carbonyl (C=O) groups excluding carboxylic acids is 1. The first-order chi connectivity index (χ1) is 11.5. The molecule has 7 heteroatoms. The van der Waals surface area contributed by atoms with E-state index in [2.05, 4.69) is 4.98 Å². The molecule has 1 aromatic heterocycles. The minimum atomic E-state index is -0.814. The van der Waals surface area contributed by atoms with Gasteiger partial charge in [0.15, 0.2) is 0 Å². The molecule has 0 aliphatic carbocycles. The number of hydrogen-bond acceptors (Lipinski definition) is 4. The van der Waals surface area contributed by atoms with Gasteiger partial charge >= 0.3 is 5.97 Å². The number of benzene rings is 2. The van der Waals surface area contributed by atoms with Crippen molar-refractivity contribution < 1.29 is 18.3 Å². The standard InChI is InChI=1S/C17H10ClF2NO2S/c18-11-3-6-15(20)14(7-11)17(22)23-8-13-9-24-16(21-13)10-1-4-12(19)5-2-10/h1-7,9H,8H2. The maximum Gasteiger partial charge on any atom is 0.341 e. The highest BCUT2D eigenvalue weighted by Crippen LogP contribution is 2.24. The summed E-state index contributed by atoms with van der Waals surface area (Å²) in [5.74, 6) is -1.84. The molecule has 1 heterocycles. The van der Waals surface area contributed by atoms with Crippen molar-refractivity contribution >= 4 is 28.9 Å². The van der Waals surface area contributed by atoms with Gasteiger partial charge in [0.05, 0.1) is 11.3 Å². The summed E-state index contributed by atoms with van der Waals surface area (Å²) >= 11 is 7.09. The predicted molar refractivity (Wildman–Crippen MR) is 88.0 cm³/mol. The van der Waals surface area contributed by atoms with Crippen LogP contribution in [0.25, 0.3) is 10.6 Å². The predicted octanol–water partition coefficient (Wildman–Crippen LogP) is 5.10. The molecule has 0 saturated heterocycles. The lowest BCUT2D eigenvalue weighted by molar-refractivity contribution is 0.0463. The van der Waals surface area contributed by atoms with Crippen LogP contribution in [0.3, 0.4) is 0 Å². The summed E-state index contributed by atoms with van der Waals surface area (Å²) in [6, 6.07) is 9.59. The van der Waals surface area contributed by atoms with Crippen molar-refractivity contribution in [2.75, 3.05) is 0 Å². The highest BCUT2D eigenvalue weighted by molar-refractivity contribution is 7.13. The Labute approximate surface area is 145 Å². The van der Waals surface area contributed by atoms with Crippen LogP contribution in [0, 0.1) is 11.6 Å². The average Bonchev–Trinajstić information content (AvgIpc) is 3.04. The van der Waals surface area contributed by atoms with E-state index in [1.54, 1.807) is 17.5 Å². The van der Waals surface area contributed by atoms with Crippen LogP contribution in [0.15, 0.2) is 47.8 Å². The summed E-state index contributed by atoms with van der Waals surface area (Å²) < 4.78 is 31.6. The van der Waals surface area contributed by atoms with Gasteiger partial charge in [0, 0.05) is 16.0 Å². The number of aromatic nitrogens is 1. The van der Waals surface area contributed by atoms with Gasteiger partial charge in [-0.3, -0.25) is 0 Å². The summed E-state index contributed by atoms with van der Waals surface area (Å²) in [5.41, 5.74) is 1.06. The van der Waals surface area contributed by atoms with Crippen molar-refractivity contribution in [1.82, 2.24) is 4.98 Å². The fraction of sp³-hybridized carbons (Fsp3) is 0.0588. The first kappa shape index (κ1) is 16.5. The maximum absolute atomic E-state index is 13.6. The lowest BCUT2D eigenvalue weighted by Gasteiger charge is -2.04. The number of halogens is 3. The molecule has 0 amide bonds. The fourth-order valence-electron chi connectivity index (χ4n) is 1.97. The number of ether oxygens (including phenoxy) is 1. The summed E-state index contributed by atoms with van der Waals surface area (Å²) in [6.45, 7) is -0.0948. The lowest BCUT2D eigenvalue weighted by atomic mass is 10.2. The highest BCUT2D eigenvalue weighted by Gasteiger charge is 2.15. The Kier molecular flexibility index (Phi) is 4.87. The maximum atomic E-state index is 13.6. The Balaban J connectivity index is 1.68. The molecule has 0 aliphatic rings. The van der Waals surface area contributed by atoms with Gasteiger partial charge in [-0.25, -0.2) is 18.6 Å². The van der Waals surface area contributed by atoms with Crippen molar-refractivity contribution in [3.8, 4) is 10.6 Å². The number of rotatable bonds is 4. The molecule has 3 aromatic rings. The number of nitrogens with zero attached hydrogens (tertiary/aromatic N) is 1. The van der Waals surface area contributed by atoms with Crippen molar-refractivity contribution in [3.05, 3.63) is 75.8 Å². The van der Waals surface area contributed by atoms with E-state index in [1.807, 2.05) is 0 Å². The molecule has 3 nitrogen and oxygen atoms in total. The quantitative estimate of drug-likeness (QED) is 0.604. The second-order valence-electron chi connectivity index (χ2n) is 4.85. The van der Waals surface area contributed by atoms with Gasteiger partial charge in [-0.15, -0.1) is 11.3 Å². The Bertz CT molecular complexity index is 881. The van der Waals surface area contributed by atoms with Gasteiger partial charge in [-0.2, -0.15) is 0 Å². The van der Waals surface area contributed by atoms with Gasteiger partial charge < -0.3 is 4.74 Å². The van der Waals surface area contributed by atoms with E-state index < -0.39 is 11.8 Å². The topological polar surface area (TPSA) is 39.2 Å². The zero-order valence-electron chi connectivity index (χ0n) is 12.1. The van der Waals surface area contributed by atoms with Gasteiger partial charge in [0.2, 0.25) is 0 Å². The molecule has 0 fully saturated rings. The first-order valence-electron chi connectivity index (χ1n) is 6.85. The van der Waals surface area contributed by atoms with Crippen LogP contribution in [0.2, 0.25) is 5.02 Å². The number of esters is 1. The Morgan fingerprint density at radius 1 is 1.17 bits per heavy atom. The van der Waals surface area contributed by atoms with E-state index in [0.29, 0.717) is 10.7 Å². The van der Waals surface area contributed by atoms with E-state index in [-0.39, 0.29) is 23.0 Å². The van der Waals surface area contributed by atoms with Crippen molar-refractivity contribution in [3.63, 3.8) is 0 Å². The molecule has 0 radical (unpaired) electrons. The molecule has 122 valence electrons. The zero-order valence-corrected chi connectivity index (χ0v) is 13.7. The van der Waals surface area contributed by atoms with Crippen LogP contribution in [0.5, 0.6) is 0 Å². The van der Waals surface area contributed by atoms with Gasteiger partial charge in [-0.1, -0.05) is 11.6 Å². The van der Waals surface area contributed by atoms with Crippen LogP contribution in [-0.2, 0) is 11.3 Å². The molecule has 0 bridgehead atoms. The summed E-state index contributed by atoms with van der Waals surface area (Å²) in [7, 11) is 0. The van der Waals surface area contributed by atoms with E-state index in [4.69, 9.17) is 16.3 Å². The second-order valence-corrected chi connectivity index (χ2v) is 6.15. The molecule has 0 atom stereocenters. The third-order valence-electron chi connectivity index (χ3n) is 3.14. The van der Waals surface area contributed by atoms with Crippen LogP contribution in [0.1, 0.15) is 16.1 Å². The van der Waals surface area contributed by atoms with Crippen LogP contribution < -0.4 is 0 Å². The SMILES string of the molecule is O=C(OCc1csc(-c2ccc(F)cc2)n1)c1cc(Cl)ccc1F. The largest absolute Gasteiger partial charge is 0.455 e. The third kappa shape index (κ3) is 3.77. The third-order valence-corrected chi connectivity index (χ3v) is 4.32. The fourth-order valence-corrected chi connectivity index (χ4v) is 2.95. The van der Waals surface area contributed by atoms with E-state index in [0.717, 1.165) is 11.6 Å². The smallest absolute Gasteiger partial charge is 0.341 e. The molecule has 3 rings (SSSR count). The molecule has 0 saturated carbocycles. The van der Waals surface area contributed by atoms with Gasteiger partial charge in [-0.05, 0) is 42.5 Å². The van der Waals surface area contributed by atoms with Crippen LogP contribution >= 0.6 is 22.9 Å². The lowest BCUT2D eigenvalue weighted by Crippen LogP contribution is -2.07. The van der Waals surface area contributed by atoms with Crippen LogP contribution in [0.4, 0.5) is 8.78 Å². The molecule has 0 unspecified atom stereocenters. The second kappa shape index (κ2) is 7.07. The zero-order chi connectivity index (χ0) is 17.1. The van der Waals surface area contributed by atoms with E-state index >= 15 is 0 Å². The summed E-state index contributed by atoms with van der Waals surface area (Å²) in [5, 5.41) is 2.64. The van der Waals surface area contributed by atoms with Gasteiger partial charge in [0.25, 0.3) is 0 Å². The molecule has 0 aliphatic heterocycles. The molecule has 24 heavy (non-hydrogen) atoms. The Morgan fingerprint density at radius 2 is 1.92 bits per heavy atom. The Morgan fingerprint density at radius 3 is 2.67 bits per heavy atom. The summed E-state index contributed by atoms with van der Waals surface area (Å²) in [6.07, 6.45) is 0. The van der Waals surface area contributed by atoms with E-state index in [1.165, 1.54) is 35.6 Å². The minimum Gasteiger partial charge on any atom is -0.455 e. The molecule has 2 aromatic carbocycles. The molecule has 0 N–H and O–H groups in total. The number of thiazole rings is 1. The number of carbonyl (C=O) groups is 1. The van der Waals surface area contributed by atoms with Crippen molar-refractivity contribution in [1.29, 1.82) is 0 Å². The normalized spacial score (nSPS) is 10.6. The highest BCUT2D eigenvalue weighted by atomic mass is 35.5. The first-order valence-corrected chi connectivity index (χ1v) is 8.11. The molecule has 0 spiro atoms. The Hall–Kier alpha value is -2.31. The minimum absolute atomic E-state index is 0.0948. The summed E-state index contributed by atoms with van der Waals surface area (Å²) in [4.78, 5) is 16.2. The van der Waals surface area contributed by atoms with Gasteiger partial charge in [0.1, 0.15) is 23.2 Å². The molecular weight excluding hydrogens is 356 g/mol. The van der Waals surface area contributed by atoms with E-state index in [9.17, 15) is 13.6 Å². The molecular formula is C17H10ClF2NO2S. The monoisotopic (exact) mass is 365 g/mol. The van der Waals surface area contributed by atoms with Crippen molar-refractivity contribution in [2.24, 2.45) is 0 Å².